The summed E-state index contributed by atoms with van der Waals surface area (Å²) in [6.45, 7) is 6.96. The first-order chi connectivity index (χ1) is 7.37. The molecular formula is C11H19Cl2N3. The molecule has 92 valence electrons. The summed E-state index contributed by atoms with van der Waals surface area (Å²) in [6, 6.07) is 0. The number of aromatic nitrogens is 2. The van der Waals surface area contributed by atoms with Crippen LogP contribution in [0, 0.1) is 6.92 Å². The number of nitrogens with zero attached hydrogens (tertiary/aromatic N) is 2. The van der Waals surface area contributed by atoms with Crippen molar-refractivity contribution in [3.63, 3.8) is 0 Å². The highest BCUT2D eigenvalue weighted by molar-refractivity contribution is 6.30. The van der Waals surface area contributed by atoms with Crippen molar-refractivity contribution in [1.82, 2.24) is 15.1 Å². The van der Waals surface area contributed by atoms with Gasteiger partial charge in [0.05, 0.1) is 5.69 Å². The largest absolute Gasteiger partial charge is 0.308 e. The van der Waals surface area contributed by atoms with Crippen LogP contribution in [0.4, 0.5) is 0 Å². The summed E-state index contributed by atoms with van der Waals surface area (Å²) in [5, 5.41) is 8.43. The number of aryl methyl sites for hydroxylation is 2. The van der Waals surface area contributed by atoms with E-state index in [2.05, 4.69) is 24.3 Å². The number of halogens is 2. The molecule has 0 unspecified atom stereocenters. The fourth-order valence-corrected chi connectivity index (χ4v) is 2.24. The first-order valence-corrected chi connectivity index (χ1v) is 6.27. The zero-order chi connectivity index (χ0) is 12.3. The van der Waals surface area contributed by atoms with Gasteiger partial charge in [0.15, 0.2) is 0 Å². The molecule has 0 aliphatic heterocycles. The summed E-state index contributed by atoms with van der Waals surface area (Å²) in [6.07, 6.45) is 0.922. The van der Waals surface area contributed by atoms with Gasteiger partial charge in [-0.05, 0) is 27.2 Å². The van der Waals surface area contributed by atoms with Crippen molar-refractivity contribution in [2.75, 3.05) is 5.88 Å². The van der Waals surface area contributed by atoms with Gasteiger partial charge in [0.1, 0.15) is 5.15 Å². The maximum atomic E-state index is 6.15. The lowest BCUT2D eigenvalue weighted by Crippen LogP contribution is -2.39. The minimum atomic E-state index is 0.0212. The van der Waals surface area contributed by atoms with Gasteiger partial charge >= 0.3 is 0 Å². The van der Waals surface area contributed by atoms with Crippen molar-refractivity contribution in [3.05, 3.63) is 16.4 Å². The Morgan fingerprint density at radius 1 is 1.44 bits per heavy atom. The van der Waals surface area contributed by atoms with Crippen molar-refractivity contribution in [2.24, 2.45) is 7.05 Å². The zero-order valence-corrected chi connectivity index (χ0v) is 11.8. The van der Waals surface area contributed by atoms with E-state index >= 15 is 0 Å². The van der Waals surface area contributed by atoms with Crippen LogP contribution in [0.25, 0.3) is 0 Å². The number of alkyl halides is 1. The first kappa shape index (κ1) is 13.8. The molecule has 1 N–H and O–H groups in total. The fraction of sp³-hybridized carbons (Fsp3) is 0.727. The molecule has 1 heterocycles. The maximum Gasteiger partial charge on any atom is 0.131 e. The molecule has 0 amide bonds. The molecule has 0 fully saturated rings. The van der Waals surface area contributed by atoms with E-state index in [1.807, 2.05) is 14.0 Å². The second kappa shape index (κ2) is 5.39. The van der Waals surface area contributed by atoms with Gasteiger partial charge < -0.3 is 5.32 Å². The van der Waals surface area contributed by atoms with Gasteiger partial charge in [-0.3, -0.25) is 4.68 Å². The number of hydrogen-bond donors (Lipinski definition) is 1. The molecule has 0 aromatic carbocycles. The van der Waals surface area contributed by atoms with Crippen LogP contribution < -0.4 is 5.32 Å². The van der Waals surface area contributed by atoms with Gasteiger partial charge in [-0.1, -0.05) is 11.6 Å². The Hall–Kier alpha value is -0.250. The van der Waals surface area contributed by atoms with E-state index in [1.54, 1.807) is 4.68 Å². The fourth-order valence-electron chi connectivity index (χ4n) is 1.53. The summed E-state index contributed by atoms with van der Waals surface area (Å²) in [4.78, 5) is 0. The van der Waals surface area contributed by atoms with E-state index in [9.17, 15) is 0 Å². The summed E-state index contributed by atoms with van der Waals surface area (Å²) < 4.78 is 1.70. The van der Waals surface area contributed by atoms with Crippen LogP contribution in [0.1, 0.15) is 31.5 Å². The Kier molecular flexibility index (Phi) is 4.65. The van der Waals surface area contributed by atoms with Gasteiger partial charge in [0, 0.05) is 30.6 Å². The second-order valence-electron chi connectivity index (χ2n) is 4.65. The van der Waals surface area contributed by atoms with Crippen molar-refractivity contribution in [1.29, 1.82) is 0 Å². The third-order valence-electron chi connectivity index (χ3n) is 2.73. The van der Waals surface area contributed by atoms with E-state index in [4.69, 9.17) is 23.2 Å². The van der Waals surface area contributed by atoms with Crippen molar-refractivity contribution in [3.8, 4) is 0 Å². The van der Waals surface area contributed by atoms with Crippen LogP contribution in [-0.2, 0) is 13.6 Å². The van der Waals surface area contributed by atoms with E-state index in [-0.39, 0.29) is 5.54 Å². The highest BCUT2D eigenvalue weighted by atomic mass is 35.5. The quantitative estimate of drug-likeness (QED) is 0.829. The number of rotatable bonds is 5. The highest BCUT2D eigenvalue weighted by Gasteiger charge is 2.18. The van der Waals surface area contributed by atoms with E-state index in [1.165, 1.54) is 0 Å². The molecule has 0 atom stereocenters. The Balaban J connectivity index is 2.67. The van der Waals surface area contributed by atoms with Crippen molar-refractivity contribution in [2.45, 2.75) is 39.3 Å². The predicted molar refractivity (Wildman–Crippen MR) is 69.2 cm³/mol. The molecule has 5 heteroatoms. The standard InChI is InChI=1S/C11H19Cl2N3/c1-8-9(10(13)16(4)15-8)7-14-11(2,3)5-6-12/h14H,5-7H2,1-4H3. The molecule has 0 radical (unpaired) electrons. The van der Waals surface area contributed by atoms with Gasteiger partial charge in [-0.25, -0.2) is 0 Å². The lowest BCUT2D eigenvalue weighted by molar-refractivity contribution is 0.376. The van der Waals surface area contributed by atoms with E-state index in [0.29, 0.717) is 11.0 Å². The van der Waals surface area contributed by atoms with Crippen LogP contribution in [0.2, 0.25) is 5.15 Å². The lowest BCUT2D eigenvalue weighted by atomic mass is 10.0. The Morgan fingerprint density at radius 3 is 2.50 bits per heavy atom. The molecule has 0 aliphatic rings. The van der Waals surface area contributed by atoms with Gasteiger partial charge in [0.25, 0.3) is 0 Å². The van der Waals surface area contributed by atoms with Crippen LogP contribution in [-0.4, -0.2) is 21.2 Å². The van der Waals surface area contributed by atoms with Gasteiger partial charge in [-0.15, -0.1) is 11.6 Å². The molecular weight excluding hydrogens is 245 g/mol. The van der Waals surface area contributed by atoms with E-state index < -0.39 is 0 Å². The average Bonchev–Trinajstić information content (AvgIpc) is 2.39. The topological polar surface area (TPSA) is 29.9 Å². The smallest absolute Gasteiger partial charge is 0.131 e. The van der Waals surface area contributed by atoms with Crippen LogP contribution >= 0.6 is 23.2 Å². The van der Waals surface area contributed by atoms with Gasteiger partial charge in [0.2, 0.25) is 0 Å². The van der Waals surface area contributed by atoms with Crippen LogP contribution in [0.3, 0.4) is 0 Å². The second-order valence-corrected chi connectivity index (χ2v) is 5.39. The normalized spacial score (nSPS) is 12.1. The number of hydrogen-bond acceptors (Lipinski definition) is 2. The summed E-state index contributed by atoms with van der Waals surface area (Å²) in [5.41, 5.74) is 2.06. The molecule has 16 heavy (non-hydrogen) atoms. The monoisotopic (exact) mass is 263 g/mol. The summed E-state index contributed by atoms with van der Waals surface area (Å²) in [5.74, 6) is 0.653. The molecule has 1 aromatic heterocycles. The Morgan fingerprint density at radius 2 is 2.06 bits per heavy atom. The third-order valence-corrected chi connectivity index (χ3v) is 3.39. The third kappa shape index (κ3) is 3.37. The molecule has 1 aromatic rings. The molecule has 3 nitrogen and oxygen atoms in total. The maximum absolute atomic E-state index is 6.15. The predicted octanol–water partition coefficient (Wildman–Crippen LogP) is 2.88. The Bertz CT molecular complexity index is 358. The first-order valence-electron chi connectivity index (χ1n) is 5.36. The zero-order valence-electron chi connectivity index (χ0n) is 10.3. The SMILES string of the molecule is Cc1nn(C)c(Cl)c1CNC(C)(C)CCCl. The minimum Gasteiger partial charge on any atom is -0.308 e. The molecule has 0 saturated carbocycles. The molecule has 0 saturated heterocycles. The van der Waals surface area contributed by atoms with Gasteiger partial charge in [-0.2, -0.15) is 5.10 Å². The minimum absolute atomic E-state index is 0.0212. The lowest BCUT2D eigenvalue weighted by Gasteiger charge is -2.25. The molecule has 0 spiro atoms. The number of nitrogens with one attached hydrogen (secondary N) is 1. The average molecular weight is 264 g/mol. The van der Waals surface area contributed by atoms with Crippen LogP contribution in [0.15, 0.2) is 0 Å². The summed E-state index contributed by atoms with van der Waals surface area (Å²) >= 11 is 11.9. The summed E-state index contributed by atoms with van der Waals surface area (Å²) in [7, 11) is 1.85. The molecule has 1 rings (SSSR count). The Labute approximate surface area is 107 Å². The van der Waals surface area contributed by atoms with Crippen molar-refractivity contribution < 1.29 is 0 Å². The highest BCUT2D eigenvalue weighted by Crippen LogP contribution is 2.20. The van der Waals surface area contributed by atoms with Crippen molar-refractivity contribution >= 4 is 23.2 Å². The molecule has 0 aliphatic carbocycles. The molecule has 0 bridgehead atoms. The van der Waals surface area contributed by atoms with E-state index in [0.717, 1.165) is 24.2 Å². The van der Waals surface area contributed by atoms with Crippen LogP contribution in [0.5, 0.6) is 0 Å².